The number of nitrogens with two attached hydrogens (primary N) is 1. The first-order valence-electron chi connectivity index (χ1n) is 5.98. The first-order chi connectivity index (χ1) is 8.09. The van der Waals surface area contributed by atoms with Crippen LogP contribution in [0.5, 0.6) is 0 Å². The van der Waals surface area contributed by atoms with Gasteiger partial charge in [0.05, 0.1) is 4.90 Å². The summed E-state index contributed by atoms with van der Waals surface area (Å²) >= 11 is 0. The Bertz CT molecular complexity index is 477. The lowest BCUT2D eigenvalue weighted by Crippen LogP contribution is -2.33. The van der Waals surface area contributed by atoms with Crippen molar-refractivity contribution in [1.82, 2.24) is 9.29 Å². The second-order valence-corrected chi connectivity index (χ2v) is 6.30. The lowest BCUT2D eigenvalue weighted by molar-refractivity contribution is 0.403. The van der Waals surface area contributed by atoms with Crippen molar-refractivity contribution in [1.29, 1.82) is 0 Å². The van der Waals surface area contributed by atoms with Crippen LogP contribution in [-0.2, 0) is 16.6 Å². The number of nitrogens with zero attached hydrogens (tertiary/aromatic N) is 1. The quantitative estimate of drug-likeness (QED) is 0.799. The minimum Gasteiger partial charge on any atom is -0.363 e. The SMILES string of the molecule is CCCN(C1CC1)S(=O)(=O)c1c[nH]c(CN)c1. The van der Waals surface area contributed by atoms with Crippen LogP contribution in [0.25, 0.3) is 0 Å². The van der Waals surface area contributed by atoms with E-state index in [0.717, 1.165) is 25.0 Å². The molecule has 1 heterocycles. The average molecular weight is 257 g/mol. The standard InChI is InChI=1S/C11H19N3O2S/c1-2-5-14(10-3-4-10)17(15,16)11-6-9(7-12)13-8-11/h6,8,10,13H,2-5,7,12H2,1H3. The van der Waals surface area contributed by atoms with Crippen molar-refractivity contribution in [3.63, 3.8) is 0 Å². The minimum atomic E-state index is -3.34. The smallest absolute Gasteiger partial charge is 0.244 e. The predicted octanol–water partition coefficient (Wildman–Crippen LogP) is 1.04. The van der Waals surface area contributed by atoms with Crippen LogP contribution in [0.1, 0.15) is 31.9 Å². The van der Waals surface area contributed by atoms with Crippen LogP contribution in [0.15, 0.2) is 17.2 Å². The Hall–Kier alpha value is -0.850. The number of nitrogens with one attached hydrogen (secondary N) is 1. The van der Waals surface area contributed by atoms with Crippen LogP contribution in [0, 0.1) is 0 Å². The summed E-state index contributed by atoms with van der Waals surface area (Å²) in [5.41, 5.74) is 6.22. The molecule has 1 fully saturated rings. The lowest BCUT2D eigenvalue weighted by Gasteiger charge is -2.20. The van der Waals surface area contributed by atoms with Gasteiger partial charge in [-0.05, 0) is 25.3 Å². The summed E-state index contributed by atoms with van der Waals surface area (Å²) < 4.78 is 26.4. The molecular weight excluding hydrogens is 238 g/mol. The molecular formula is C11H19N3O2S. The third kappa shape index (κ3) is 2.53. The summed E-state index contributed by atoms with van der Waals surface area (Å²) in [6.45, 7) is 2.91. The summed E-state index contributed by atoms with van der Waals surface area (Å²) in [6, 6.07) is 1.83. The number of hydrogen-bond acceptors (Lipinski definition) is 3. The van der Waals surface area contributed by atoms with Crippen molar-refractivity contribution >= 4 is 10.0 Å². The molecule has 1 saturated carbocycles. The Morgan fingerprint density at radius 2 is 2.24 bits per heavy atom. The van der Waals surface area contributed by atoms with Gasteiger partial charge in [0.25, 0.3) is 0 Å². The van der Waals surface area contributed by atoms with Gasteiger partial charge in [-0.25, -0.2) is 8.42 Å². The van der Waals surface area contributed by atoms with E-state index in [-0.39, 0.29) is 6.04 Å². The second kappa shape index (κ2) is 4.80. The summed E-state index contributed by atoms with van der Waals surface area (Å²) in [5, 5.41) is 0. The molecule has 1 aliphatic rings. The van der Waals surface area contributed by atoms with Crippen molar-refractivity contribution in [3.8, 4) is 0 Å². The fourth-order valence-electron chi connectivity index (χ4n) is 1.90. The number of aromatic nitrogens is 1. The molecule has 6 heteroatoms. The Morgan fingerprint density at radius 1 is 1.53 bits per heavy atom. The largest absolute Gasteiger partial charge is 0.363 e. The highest BCUT2D eigenvalue weighted by atomic mass is 32.2. The molecule has 3 N–H and O–H groups in total. The molecule has 0 bridgehead atoms. The van der Waals surface area contributed by atoms with E-state index in [4.69, 9.17) is 5.73 Å². The van der Waals surface area contributed by atoms with Crippen LogP contribution in [-0.4, -0.2) is 30.3 Å². The molecule has 0 aliphatic heterocycles. The van der Waals surface area contributed by atoms with E-state index in [9.17, 15) is 8.42 Å². The molecule has 0 atom stereocenters. The fourth-order valence-corrected chi connectivity index (χ4v) is 3.70. The first-order valence-corrected chi connectivity index (χ1v) is 7.42. The molecule has 2 rings (SSSR count). The molecule has 1 aromatic rings. The number of rotatable bonds is 6. The predicted molar refractivity (Wildman–Crippen MR) is 65.9 cm³/mol. The van der Waals surface area contributed by atoms with Gasteiger partial charge in [-0.3, -0.25) is 0 Å². The summed E-state index contributed by atoms with van der Waals surface area (Å²) in [7, 11) is -3.34. The Labute approximate surface area is 102 Å². The lowest BCUT2D eigenvalue weighted by atomic mass is 10.4. The van der Waals surface area contributed by atoms with Crippen LogP contribution in [0.3, 0.4) is 0 Å². The monoisotopic (exact) mass is 257 g/mol. The fraction of sp³-hybridized carbons (Fsp3) is 0.636. The van der Waals surface area contributed by atoms with Crippen LogP contribution >= 0.6 is 0 Å². The maximum atomic E-state index is 12.4. The van der Waals surface area contributed by atoms with Crippen LogP contribution < -0.4 is 5.73 Å². The van der Waals surface area contributed by atoms with Gasteiger partial charge in [0, 0.05) is 31.0 Å². The highest BCUT2D eigenvalue weighted by molar-refractivity contribution is 7.89. The van der Waals surface area contributed by atoms with Gasteiger partial charge < -0.3 is 10.7 Å². The molecule has 0 amide bonds. The van der Waals surface area contributed by atoms with E-state index in [0.29, 0.717) is 18.0 Å². The molecule has 0 radical (unpaired) electrons. The van der Waals surface area contributed by atoms with Gasteiger partial charge in [-0.1, -0.05) is 6.92 Å². The normalized spacial score (nSPS) is 16.6. The highest BCUT2D eigenvalue weighted by Crippen LogP contribution is 2.32. The van der Waals surface area contributed by atoms with Gasteiger partial charge in [-0.2, -0.15) is 4.31 Å². The Morgan fingerprint density at radius 3 is 2.71 bits per heavy atom. The van der Waals surface area contributed by atoms with Crippen molar-refractivity contribution in [2.24, 2.45) is 5.73 Å². The van der Waals surface area contributed by atoms with E-state index in [2.05, 4.69) is 4.98 Å². The first kappa shape index (κ1) is 12.6. The summed E-state index contributed by atoms with van der Waals surface area (Å²) in [4.78, 5) is 3.22. The van der Waals surface area contributed by atoms with Crippen molar-refractivity contribution in [2.75, 3.05) is 6.54 Å². The number of sulfonamides is 1. The summed E-state index contributed by atoms with van der Waals surface area (Å²) in [5.74, 6) is 0. The number of hydrogen-bond donors (Lipinski definition) is 2. The van der Waals surface area contributed by atoms with E-state index in [1.807, 2.05) is 6.92 Å². The molecule has 1 aromatic heterocycles. The molecule has 17 heavy (non-hydrogen) atoms. The third-order valence-electron chi connectivity index (χ3n) is 2.94. The highest BCUT2D eigenvalue weighted by Gasteiger charge is 2.37. The molecule has 0 saturated heterocycles. The molecule has 96 valence electrons. The molecule has 5 nitrogen and oxygen atoms in total. The summed E-state index contributed by atoms with van der Waals surface area (Å²) in [6.07, 6.45) is 4.33. The zero-order chi connectivity index (χ0) is 12.5. The number of aromatic amines is 1. The van der Waals surface area contributed by atoms with Gasteiger partial charge in [0.2, 0.25) is 10.0 Å². The molecule has 0 spiro atoms. The van der Waals surface area contributed by atoms with Gasteiger partial charge in [0.15, 0.2) is 0 Å². The van der Waals surface area contributed by atoms with E-state index in [1.54, 1.807) is 10.4 Å². The van der Waals surface area contributed by atoms with Crippen molar-refractivity contribution in [3.05, 3.63) is 18.0 Å². The topological polar surface area (TPSA) is 79.2 Å². The van der Waals surface area contributed by atoms with Crippen molar-refractivity contribution in [2.45, 2.75) is 43.7 Å². The Balaban J connectivity index is 2.26. The van der Waals surface area contributed by atoms with E-state index < -0.39 is 10.0 Å². The average Bonchev–Trinajstić information content (AvgIpc) is 3.01. The number of H-pyrrole nitrogens is 1. The van der Waals surface area contributed by atoms with Gasteiger partial charge in [-0.15, -0.1) is 0 Å². The van der Waals surface area contributed by atoms with Crippen LogP contribution in [0.4, 0.5) is 0 Å². The van der Waals surface area contributed by atoms with E-state index >= 15 is 0 Å². The van der Waals surface area contributed by atoms with Crippen LogP contribution in [0.2, 0.25) is 0 Å². The molecule has 0 aromatic carbocycles. The third-order valence-corrected chi connectivity index (χ3v) is 4.87. The van der Waals surface area contributed by atoms with Crippen molar-refractivity contribution < 1.29 is 8.42 Å². The Kier molecular flexibility index (Phi) is 3.56. The van der Waals surface area contributed by atoms with Gasteiger partial charge >= 0.3 is 0 Å². The minimum absolute atomic E-state index is 0.205. The maximum Gasteiger partial charge on any atom is 0.244 e. The van der Waals surface area contributed by atoms with E-state index in [1.165, 1.54) is 6.20 Å². The molecule has 0 unspecified atom stereocenters. The molecule has 1 aliphatic carbocycles. The maximum absolute atomic E-state index is 12.4. The van der Waals surface area contributed by atoms with Gasteiger partial charge in [0.1, 0.15) is 0 Å². The zero-order valence-corrected chi connectivity index (χ0v) is 10.8. The zero-order valence-electron chi connectivity index (χ0n) is 10.0. The second-order valence-electron chi connectivity index (χ2n) is 4.41.